The summed E-state index contributed by atoms with van der Waals surface area (Å²) >= 11 is 3.49. The fourth-order valence-electron chi connectivity index (χ4n) is 0.641. The molecule has 11 heavy (non-hydrogen) atoms. The summed E-state index contributed by atoms with van der Waals surface area (Å²) in [5.41, 5.74) is 0. The van der Waals surface area contributed by atoms with Crippen molar-refractivity contribution in [2.45, 2.75) is 31.0 Å². The lowest BCUT2D eigenvalue weighted by Crippen LogP contribution is -1.77. The van der Waals surface area contributed by atoms with Gasteiger partial charge in [0.05, 0.1) is 0 Å². The Bertz CT molecular complexity index is 210. The van der Waals surface area contributed by atoms with E-state index in [1.807, 2.05) is 18.7 Å². The van der Waals surface area contributed by atoms with E-state index in [9.17, 15) is 0 Å². The highest BCUT2D eigenvalue weighted by atomic mass is 32.2. The number of aryl methyl sites for hydroxylation is 1. The van der Waals surface area contributed by atoms with Crippen LogP contribution in [0.4, 0.5) is 0 Å². The van der Waals surface area contributed by atoms with Gasteiger partial charge in [-0.1, -0.05) is 36.4 Å². The quantitative estimate of drug-likeness (QED) is 0.537. The summed E-state index contributed by atoms with van der Waals surface area (Å²) < 4.78 is 1.11. The molecule has 0 unspecified atom stereocenters. The first-order valence-electron chi connectivity index (χ1n) is 3.76. The molecule has 0 aliphatic heterocycles. The minimum absolute atomic E-state index is 1.06. The van der Waals surface area contributed by atoms with Gasteiger partial charge in [0, 0.05) is 5.75 Å². The fourth-order valence-corrected chi connectivity index (χ4v) is 2.61. The Kier molecular flexibility index (Phi) is 3.86. The minimum atomic E-state index is 1.06. The molecule has 0 aliphatic rings. The molecule has 0 aliphatic carbocycles. The van der Waals surface area contributed by atoms with Crippen molar-refractivity contribution in [1.82, 2.24) is 10.2 Å². The van der Waals surface area contributed by atoms with Gasteiger partial charge in [-0.05, 0) is 13.3 Å². The predicted octanol–water partition coefficient (Wildman–Crippen LogP) is 2.74. The highest BCUT2D eigenvalue weighted by molar-refractivity contribution is 8.01. The molecule has 0 aromatic carbocycles. The molecule has 1 aromatic heterocycles. The van der Waals surface area contributed by atoms with E-state index < -0.39 is 0 Å². The second kappa shape index (κ2) is 4.72. The fraction of sp³-hybridized carbons (Fsp3) is 0.714. The lowest BCUT2D eigenvalue weighted by Gasteiger charge is -1.91. The maximum absolute atomic E-state index is 4.02. The highest BCUT2D eigenvalue weighted by Gasteiger charge is 1.98. The predicted molar refractivity (Wildman–Crippen MR) is 50.3 cm³/mol. The second-order valence-electron chi connectivity index (χ2n) is 2.29. The summed E-state index contributed by atoms with van der Waals surface area (Å²) in [6.45, 7) is 4.19. The van der Waals surface area contributed by atoms with Crippen molar-refractivity contribution < 1.29 is 0 Å². The molecule has 0 amide bonds. The standard InChI is InChI=1S/C7H12N2S2/c1-3-4-5-10-7-9-8-6(2)11-7/h3-5H2,1-2H3. The molecular weight excluding hydrogens is 176 g/mol. The van der Waals surface area contributed by atoms with Crippen LogP contribution < -0.4 is 0 Å². The number of aromatic nitrogens is 2. The zero-order valence-electron chi connectivity index (χ0n) is 6.83. The molecule has 1 aromatic rings. The average Bonchev–Trinajstić information content (AvgIpc) is 2.37. The largest absolute Gasteiger partial charge is 0.174 e. The normalized spacial score (nSPS) is 10.4. The van der Waals surface area contributed by atoms with Gasteiger partial charge in [0.15, 0.2) is 4.34 Å². The van der Waals surface area contributed by atoms with Crippen LogP contribution in [-0.2, 0) is 0 Å². The Morgan fingerprint density at radius 2 is 2.27 bits per heavy atom. The molecule has 1 heterocycles. The van der Waals surface area contributed by atoms with Crippen LogP contribution in [0.3, 0.4) is 0 Å². The van der Waals surface area contributed by atoms with E-state index in [2.05, 4.69) is 17.1 Å². The minimum Gasteiger partial charge on any atom is -0.143 e. The summed E-state index contributed by atoms with van der Waals surface area (Å²) in [6.07, 6.45) is 2.52. The van der Waals surface area contributed by atoms with Crippen LogP contribution in [0.15, 0.2) is 4.34 Å². The molecule has 4 heteroatoms. The lowest BCUT2D eigenvalue weighted by molar-refractivity contribution is 0.893. The molecular formula is C7H12N2S2. The van der Waals surface area contributed by atoms with Crippen LogP contribution in [-0.4, -0.2) is 16.0 Å². The van der Waals surface area contributed by atoms with E-state index in [4.69, 9.17) is 0 Å². The van der Waals surface area contributed by atoms with Gasteiger partial charge in [0.25, 0.3) is 0 Å². The summed E-state index contributed by atoms with van der Waals surface area (Å²) in [7, 11) is 0. The molecule has 0 radical (unpaired) electrons. The molecule has 0 spiro atoms. The van der Waals surface area contributed by atoms with Gasteiger partial charge in [-0.25, -0.2) is 0 Å². The Hall–Kier alpha value is -0.0900. The Labute approximate surface area is 75.4 Å². The van der Waals surface area contributed by atoms with Crippen molar-refractivity contribution in [3.63, 3.8) is 0 Å². The van der Waals surface area contributed by atoms with Crippen LogP contribution in [0, 0.1) is 6.92 Å². The zero-order valence-corrected chi connectivity index (χ0v) is 8.47. The highest BCUT2D eigenvalue weighted by Crippen LogP contribution is 2.22. The van der Waals surface area contributed by atoms with Gasteiger partial charge in [-0.2, -0.15) is 0 Å². The summed E-state index contributed by atoms with van der Waals surface area (Å²) in [5.74, 6) is 1.17. The number of thioether (sulfide) groups is 1. The number of nitrogens with zero attached hydrogens (tertiary/aromatic N) is 2. The first-order valence-corrected chi connectivity index (χ1v) is 5.56. The van der Waals surface area contributed by atoms with E-state index in [-0.39, 0.29) is 0 Å². The summed E-state index contributed by atoms with van der Waals surface area (Å²) in [5, 5.41) is 9.02. The number of hydrogen-bond donors (Lipinski definition) is 0. The Morgan fingerprint density at radius 3 is 2.82 bits per heavy atom. The smallest absolute Gasteiger partial charge is 0.143 e. The van der Waals surface area contributed by atoms with Crippen molar-refractivity contribution in [1.29, 1.82) is 0 Å². The third kappa shape index (κ3) is 3.20. The maximum Gasteiger partial charge on any atom is 0.174 e. The van der Waals surface area contributed by atoms with Crippen molar-refractivity contribution >= 4 is 23.1 Å². The van der Waals surface area contributed by atoms with Crippen LogP contribution >= 0.6 is 23.1 Å². The third-order valence-electron chi connectivity index (χ3n) is 1.23. The maximum atomic E-state index is 4.02. The van der Waals surface area contributed by atoms with Gasteiger partial charge in [0.1, 0.15) is 5.01 Å². The zero-order chi connectivity index (χ0) is 8.10. The molecule has 0 saturated heterocycles. The third-order valence-corrected chi connectivity index (χ3v) is 3.29. The van der Waals surface area contributed by atoms with Gasteiger partial charge in [0.2, 0.25) is 0 Å². The molecule has 1 rings (SSSR count). The van der Waals surface area contributed by atoms with Crippen LogP contribution in [0.2, 0.25) is 0 Å². The first kappa shape index (κ1) is 9.00. The Morgan fingerprint density at radius 1 is 1.45 bits per heavy atom. The van der Waals surface area contributed by atoms with Crippen molar-refractivity contribution in [2.75, 3.05) is 5.75 Å². The average molecular weight is 188 g/mol. The number of rotatable bonds is 4. The topological polar surface area (TPSA) is 25.8 Å². The molecule has 2 nitrogen and oxygen atoms in total. The van der Waals surface area contributed by atoms with Crippen LogP contribution in [0.5, 0.6) is 0 Å². The van der Waals surface area contributed by atoms with Crippen molar-refractivity contribution in [2.24, 2.45) is 0 Å². The molecule has 0 atom stereocenters. The van der Waals surface area contributed by atoms with E-state index in [0.29, 0.717) is 0 Å². The second-order valence-corrected chi connectivity index (χ2v) is 4.81. The number of unbranched alkanes of at least 4 members (excludes halogenated alkanes) is 1. The molecule has 0 fully saturated rings. The first-order chi connectivity index (χ1) is 5.33. The van der Waals surface area contributed by atoms with Gasteiger partial charge in [-0.15, -0.1) is 10.2 Å². The Balaban J connectivity index is 2.27. The van der Waals surface area contributed by atoms with Crippen molar-refractivity contribution in [3.8, 4) is 0 Å². The molecule has 0 saturated carbocycles. The monoisotopic (exact) mass is 188 g/mol. The molecule has 0 bridgehead atoms. The SMILES string of the molecule is CCCCSc1nnc(C)s1. The van der Waals surface area contributed by atoms with E-state index in [1.54, 1.807) is 11.3 Å². The summed E-state index contributed by atoms with van der Waals surface area (Å²) in [4.78, 5) is 0. The van der Waals surface area contributed by atoms with Gasteiger partial charge >= 0.3 is 0 Å². The van der Waals surface area contributed by atoms with Gasteiger partial charge in [-0.3, -0.25) is 0 Å². The van der Waals surface area contributed by atoms with Crippen molar-refractivity contribution in [3.05, 3.63) is 5.01 Å². The summed E-state index contributed by atoms with van der Waals surface area (Å²) in [6, 6.07) is 0. The van der Waals surface area contributed by atoms with E-state index in [1.165, 1.54) is 18.6 Å². The van der Waals surface area contributed by atoms with Gasteiger partial charge < -0.3 is 0 Å². The number of hydrogen-bond acceptors (Lipinski definition) is 4. The van der Waals surface area contributed by atoms with Crippen LogP contribution in [0.1, 0.15) is 24.8 Å². The van der Waals surface area contributed by atoms with E-state index in [0.717, 1.165) is 9.35 Å². The molecule has 0 N–H and O–H groups in total. The van der Waals surface area contributed by atoms with Crippen LogP contribution in [0.25, 0.3) is 0 Å². The van der Waals surface area contributed by atoms with E-state index >= 15 is 0 Å². The molecule has 62 valence electrons. The lowest BCUT2D eigenvalue weighted by atomic mass is 10.4.